The van der Waals surface area contributed by atoms with Crippen LogP contribution in [-0.4, -0.2) is 109 Å². The highest BCUT2D eigenvalue weighted by Crippen LogP contribution is 2.70. The van der Waals surface area contributed by atoms with Gasteiger partial charge in [-0.25, -0.2) is 0 Å². The third-order valence-electron chi connectivity index (χ3n) is 34.0. The molecule has 0 aromatic rings. The van der Waals surface area contributed by atoms with Crippen molar-refractivity contribution in [2.24, 2.45) is 177 Å². The van der Waals surface area contributed by atoms with Crippen molar-refractivity contribution in [1.29, 1.82) is 0 Å². The lowest BCUT2D eigenvalue weighted by Gasteiger charge is -2.35. The maximum atomic E-state index is 12.7. The number of cyclic esters (lactones) is 2. The zero-order valence-corrected chi connectivity index (χ0v) is 69.0. The van der Waals surface area contributed by atoms with Gasteiger partial charge in [-0.3, -0.25) is 28.8 Å². The molecule has 107 heavy (non-hydrogen) atoms. The smallest absolute Gasteiger partial charge is 0.314 e. The monoisotopic (exact) mass is 1500 g/mol. The minimum atomic E-state index is -0.522. The summed E-state index contributed by atoms with van der Waals surface area (Å²) in [5.41, 5.74) is -0.592. The molecule has 5 heterocycles. The molecular formula is C91H148O16. The van der Waals surface area contributed by atoms with Gasteiger partial charge in [0.25, 0.3) is 0 Å². The Kier molecular flexibility index (Phi) is 28.0. The van der Waals surface area contributed by atoms with Gasteiger partial charge in [0.2, 0.25) is 6.29 Å². The second kappa shape index (κ2) is 36.0. The number of rotatable bonds is 20. The minimum absolute atomic E-state index is 0.00158. The quantitative estimate of drug-likeness (QED) is 0.0658. The molecule has 17 rings (SSSR count). The van der Waals surface area contributed by atoms with E-state index in [1.807, 2.05) is 13.8 Å². The van der Waals surface area contributed by atoms with Crippen molar-refractivity contribution in [2.45, 2.75) is 333 Å². The second-order valence-corrected chi connectivity index (χ2v) is 37.9. The van der Waals surface area contributed by atoms with Crippen molar-refractivity contribution in [1.82, 2.24) is 0 Å². The van der Waals surface area contributed by atoms with Crippen LogP contribution in [0.1, 0.15) is 296 Å². The maximum absolute atomic E-state index is 12.7. The average molecular weight is 1500 g/mol. The average Bonchev–Trinajstić information content (AvgIpc) is 1.58. The van der Waals surface area contributed by atoms with Gasteiger partial charge in [-0.2, -0.15) is 0 Å². The Morgan fingerprint density at radius 1 is 0.411 bits per heavy atom. The normalized spacial score (nSPS) is 46.9. The maximum Gasteiger partial charge on any atom is 0.314 e. The van der Waals surface area contributed by atoms with Crippen LogP contribution in [0.2, 0.25) is 0 Å². The molecule has 8 bridgehead atoms. The van der Waals surface area contributed by atoms with Gasteiger partial charge in [0.15, 0.2) is 6.29 Å². The number of hydrogen-bond donors (Lipinski definition) is 2. The largest absolute Gasteiger partial charge is 0.481 e. The molecule has 0 radical (unpaired) electrons. The number of aliphatic carboxylic acids is 2. The Bertz CT molecular complexity index is 2850. The highest BCUT2D eigenvalue weighted by Gasteiger charge is 2.66. The van der Waals surface area contributed by atoms with E-state index >= 15 is 0 Å². The summed E-state index contributed by atoms with van der Waals surface area (Å²) < 4.78 is 44.2. The van der Waals surface area contributed by atoms with Crippen LogP contribution in [0, 0.1) is 177 Å². The molecule has 36 atom stereocenters. The predicted molar refractivity (Wildman–Crippen MR) is 411 cm³/mol. The van der Waals surface area contributed by atoms with E-state index in [1.165, 1.54) is 103 Å². The number of carboxylic acid groups (broad SMARTS) is 2. The highest BCUT2D eigenvalue weighted by molar-refractivity contribution is 5.80. The third-order valence-corrected chi connectivity index (χ3v) is 34.0. The fourth-order valence-electron chi connectivity index (χ4n) is 29.7. The lowest BCUT2D eigenvalue weighted by molar-refractivity contribution is -0.194. The first kappa shape index (κ1) is 83.1. The van der Waals surface area contributed by atoms with Crippen LogP contribution in [0.4, 0.5) is 0 Å². The number of ether oxygens (including phenoxy) is 8. The Balaban J connectivity index is 0.000000121. The summed E-state index contributed by atoms with van der Waals surface area (Å²) in [6, 6.07) is 0. The molecule has 0 aromatic carbocycles. The van der Waals surface area contributed by atoms with Gasteiger partial charge < -0.3 is 48.1 Å². The van der Waals surface area contributed by atoms with Gasteiger partial charge in [0, 0.05) is 25.9 Å². The van der Waals surface area contributed by atoms with Gasteiger partial charge in [0.05, 0.1) is 78.7 Å². The van der Waals surface area contributed by atoms with E-state index in [9.17, 15) is 39.0 Å². The molecule has 12 saturated carbocycles. The van der Waals surface area contributed by atoms with E-state index in [1.54, 1.807) is 0 Å². The van der Waals surface area contributed by atoms with Crippen molar-refractivity contribution in [3.63, 3.8) is 0 Å². The summed E-state index contributed by atoms with van der Waals surface area (Å²) in [5.74, 6) is 18.1. The molecule has 5 saturated heterocycles. The van der Waals surface area contributed by atoms with Crippen LogP contribution in [0.5, 0.6) is 0 Å². The zero-order chi connectivity index (χ0) is 76.5. The number of fused-ring (bicyclic) bond motifs is 20. The SMILES string of the molecule is CCC1CC(CC)C2C3CC(CC3C(=O)O)C12.CCC1CC(CC)C2C3CC(CC3C(=O)O)C12.CCC1CC(CC)C2C3CC(CC3C(=O)OC3CCCCO3)C12.CCC1CC2(CCOC2=O)C(CC)O1.CCC1CC2(CCOC2=O)C(CC)O1.CCOC(C)OC(=O)C1CC2CC1C1C(CC)CC(CC)C21. The zero-order valence-electron chi connectivity index (χ0n) is 69.0. The standard InChI is InChI=1S/C20H32O3.C19H32O3.2C15H24O2.2C11H18O3/c1-3-12-9-13(4-2)19-15-10-14(18(12)19)11-16(15)20(21)23-17-7-5-6-8-22-17;1-5-12-8-13(6-2)18-15-9-14(17(12)18)10-16(15)19(20)22-11(4)21-7-3;2*1-3-8-5-9(4-2)14-11-6-10(13(8)14)7-12(11)15(16)17;2*1-3-8-7-11(9(4-2)14-8)5-6-13-10(11)12/h12-19H,3-11H2,1-2H3;11-18H,5-10H2,1-4H3;2*8-14H,3-7H2,1-2H3,(H,16,17);2*8-9H,3-7H2,1-2H3. The van der Waals surface area contributed by atoms with Gasteiger partial charge in [-0.15, -0.1) is 0 Å². The summed E-state index contributed by atoms with van der Waals surface area (Å²) in [6.07, 6.45) is 35.3. The molecular weight excluding hydrogens is 1350 g/mol. The first-order valence-corrected chi connectivity index (χ1v) is 45.4. The van der Waals surface area contributed by atoms with E-state index in [0.29, 0.717) is 43.5 Å². The van der Waals surface area contributed by atoms with Crippen LogP contribution in [0.25, 0.3) is 0 Å². The first-order chi connectivity index (χ1) is 51.6. The van der Waals surface area contributed by atoms with Crippen molar-refractivity contribution in [2.75, 3.05) is 26.4 Å². The van der Waals surface area contributed by atoms with Gasteiger partial charge >= 0.3 is 35.8 Å². The molecule has 2 spiro atoms. The number of esters is 4. The molecule has 5 aliphatic heterocycles. The molecule has 608 valence electrons. The number of carbonyl (C=O) groups is 6. The van der Waals surface area contributed by atoms with Crippen LogP contribution in [0.3, 0.4) is 0 Å². The minimum Gasteiger partial charge on any atom is -0.481 e. The summed E-state index contributed by atoms with van der Waals surface area (Å²) in [5, 5.41) is 18.7. The van der Waals surface area contributed by atoms with Gasteiger partial charge in [-0.05, 0) is 284 Å². The van der Waals surface area contributed by atoms with Crippen molar-refractivity contribution in [3.05, 3.63) is 0 Å². The van der Waals surface area contributed by atoms with Crippen molar-refractivity contribution in [3.8, 4) is 0 Å². The molecule has 16 nitrogen and oxygen atoms in total. The number of hydrogen-bond acceptors (Lipinski definition) is 14. The summed E-state index contributed by atoms with van der Waals surface area (Å²) in [6.45, 7) is 33.2. The predicted octanol–water partition coefficient (Wildman–Crippen LogP) is 19.3. The van der Waals surface area contributed by atoms with Crippen LogP contribution in [0.15, 0.2) is 0 Å². The lowest BCUT2D eigenvalue weighted by Crippen LogP contribution is -2.37. The van der Waals surface area contributed by atoms with Crippen molar-refractivity contribution >= 4 is 35.8 Å². The summed E-state index contributed by atoms with van der Waals surface area (Å²) in [7, 11) is 0. The summed E-state index contributed by atoms with van der Waals surface area (Å²) in [4.78, 5) is 71.4. The van der Waals surface area contributed by atoms with E-state index in [-0.39, 0.29) is 89.1 Å². The third kappa shape index (κ3) is 15.9. The second-order valence-electron chi connectivity index (χ2n) is 37.9. The molecule has 17 aliphatic rings. The fraction of sp³-hybridized carbons (Fsp3) is 0.934. The summed E-state index contributed by atoms with van der Waals surface area (Å²) >= 11 is 0. The van der Waals surface area contributed by atoms with E-state index in [4.69, 9.17) is 37.9 Å². The van der Waals surface area contributed by atoms with Gasteiger partial charge in [0.1, 0.15) is 0 Å². The first-order valence-electron chi connectivity index (χ1n) is 45.4. The van der Waals surface area contributed by atoms with E-state index in [2.05, 4.69) is 83.1 Å². The Hall–Kier alpha value is -3.34. The molecule has 36 unspecified atom stereocenters. The van der Waals surface area contributed by atoms with Crippen LogP contribution >= 0.6 is 0 Å². The molecule has 16 heteroatoms. The Labute approximate surface area is 645 Å². The topological polar surface area (TPSA) is 217 Å². The molecule has 12 aliphatic carbocycles. The van der Waals surface area contributed by atoms with Crippen molar-refractivity contribution < 1.29 is 76.9 Å². The number of carboxylic acids is 2. The highest BCUT2D eigenvalue weighted by atomic mass is 16.7. The molecule has 0 aromatic heterocycles. The van der Waals surface area contributed by atoms with E-state index < -0.39 is 18.2 Å². The fourth-order valence-corrected chi connectivity index (χ4v) is 29.7. The Morgan fingerprint density at radius 3 is 1.04 bits per heavy atom. The van der Waals surface area contributed by atoms with Crippen LogP contribution in [-0.2, 0) is 66.7 Å². The molecule has 17 fully saturated rings. The number of carbonyl (C=O) groups excluding carboxylic acids is 4. The Morgan fingerprint density at radius 2 is 0.748 bits per heavy atom. The van der Waals surface area contributed by atoms with E-state index in [0.717, 1.165) is 221 Å². The van der Waals surface area contributed by atoms with Gasteiger partial charge in [-0.1, -0.05) is 134 Å². The molecule has 0 amide bonds. The van der Waals surface area contributed by atoms with Crippen LogP contribution < -0.4 is 0 Å². The lowest BCUT2D eigenvalue weighted by atomic mass is 9.70. The molecule has 2 N–H and O–H groups in total.